The minimum Gasteiger partial charge on any atom is -0.327 e. The maximum atomic E-state index is 6.00. The Kier molecular flexibility index (Phi) is 5.52. The zero-order valence-electron chi connectivity index (χ0n) is 8.82. The van der Waals surface area contributed by atoms with Crippen LogP contribution in [0.5, 0.6) is 0 Å². The first-order valence-corrected chi connectivity index (χ1v) is 7.00. The SMILES string of the molecule is CCCSCC(N)Cc1nc(C)cs1. The lowest BCUT2D eigenvalue weighted by Crippen LogP contribution is -2.25. The molecule has 0 saturated carbocycles. The number of rotatable bonds is 6. The molecule has 0 radical (unpaired) electrons. The van der Waals surface area contributed by atoms with Gasteiger partial charge in [-0.1, -0.05) is 6.92 Å². The van der Waals surface area contributed by atoms with Crippen molar-refractivity contribution in [3.05, 3.63) is 16.1 Å². The van der Waals surface area contributed by atoms with Gasteiger partial charge in [0.05, 0.1) is 5.01 Å². The van der Waals surface area contributed by atoms with Gasteiger partial charge in [0.1, 0.15) is 0 Å². The summed E-state index contributed by atoms with van der Waals surface area (Å²) >= 11 is 3.66. The van der Waals surface area contributed by atoms with Crippen molar-refractivity contribution in [2.45, 2.75) is 32.7 Å². The first kappa shape index (κ1) is 12.0. The van der Waals surface area contributed by atoms with Crippen molar-refractivity contribution in [2.75, 3.05) is 11.5 Å². The van der Waals surface area contributed by atoms with Gasteiger partial charge in [0.2, 0.25) is 0 Å². The molecule has 0 amide bonds. The molecule has 0 aliphatic rings. The molecule has 2 nitrogen and oxygen atoms in total. The van der Waals surface area contributed by atoms with Gasteiger partial charge < -0.3 is 5.73 Å². The van der Waals surface area contributed by atoms with Crippen LogP contribution in [0.15, 0.2) is 5.38 Å². The average Bonchev–Trinajstić information content (AvgIpc) is 2.52. The first-order valence-electron chi connectivity index (χ1n) is 4.96. The lowest BCUT2D eigenvalue weighted by Gasteiger charge is -2.08. The monoisotopic (exact) mass is 230 g/mol. The molecular weight excluding hydrogens is 212 g/mol. The maximum absolute atomic E-state index is 6.00. The first-order chi connectivity index (χ1) is 6.72. The molecule has 0 spiro atoms. The Labute approximate surface area is 94.3 Å². The fraction of sp³-hybridized carbons (Fsp3) is 0.700. The van der Waals surface area contributed by atoms with Crippen LogP contribution in [0.25, 0.3) is 0 Å². The molecule has 1 atom stereocenters. The lowest BCUT2D eigenvalue weighted by molar-refractivity contribution is 0.742. The van der Waals surface area contributed by atoms with Crippen molar-refractivity contribution in [1.29, 1.82) is 0 Å². The molecular formula is C10H18N2S2. The topological polar surface area (TPSA) is 38.9 Å². The standard InChI is InChI=1S/C10H18N2S2/c1-3-4-13-7-9(11)5-10-12-8(2)6-14-10/h6,9H,3-5,7,11H2,1-2H3. The molecule has 1 unspecified atom stereocenters. The number of nitrogens with zero attached hydrogens (tertiary/aromatic N) is 1. The summed E-state index contributed by atoms with van der Waals surface area (Å²) in [5, 5.41) is 3.26. The highest BCUT2D eigenvalue weighted by Gasteiger charge is 2.06. The van der Waals surface area contributed by atoms with Gasteiger partial charge in [-0.05, 0) is 19.1 Å². The van der Waals surface area contributed by atoms with Crippen molar-refractivity contribution in [1.82, 2.24) is 4.98 Å². The van der Waals surface area contributed by atoms with Gasteiger partial charge in [0.15, 0.2) is 0 Å². The van der Waals surface area contributed by atoms with Gasteiger partial charge >= 0.3 is 0 Å². The summed E-state index contributed by atoms with van der Waals surface area (Å²) in [4.78, 5) is 4.41. The second-order valence-electron chi connectivity index (χ2n) is 3.42. The summed E-state index contributed by atoms with van der Waals surface area (Å²) in [5.74, 6) is 2.26. The van der Waals surface area contributed by atoms with Crippen LogP contribution in [-0.2, 0) is 6.42 Å². The number of aromatic nitrogens is 1. The Balaban J connectivity index is 2.23. The highest BCUT2D eigenvalue weighted by Crippen LogP contribution is 2.12. The second-order valence-corrected chi connectivity index (χ2v) is 5.51. The maximum Gasteiger partial charge on any atom is 0.0943 e. The molecule has 0 aliphatic heterocycles. The summed E-state index contributed by atoms with van der Waals surface area (Å²) in [6, 6.07) is 0.261. The smallest absolute Gasteiger partial charge is 0.0943 e. The minimum absolute atomic E-state index is 0.261. The van der Waals surface area contributed by atoms with Crippen molar-refractivity contribution in [3.63, 3.8) is 0 Å². The quantitative estimate of drug-likeness (QED) is 0.763. The molecule has 1 aromatic heterocycles. The van der Waals surface area contributed by atoms with E-state index in [4.69, 9.17) is 5.73 Å². The third-order valence-electron chi connectivity index (χ3n) is 1.78. The van der Waals surface area contributed by atoms with Gasteiger partial charge in [0, 0.05) is 29.3 Å². The van der Waals surface area contributed by atoms with Crippen LogP contribution in [0, 0.1) is 6.92 Å². The van der Waals surface area contributed by atoms with Gasteiger partial charge in [-0.25, -0.2) is 4.98 Å². The van der Waals surface area contributed by atoms with Gasteiger partial charge in [-0.2, -0.15) is 11.8 Å². The zero-order chi connectivity index (χ0) is 10.4. The molecule has 1 aromatic rings. The van der Waals surface area contributed by atoms with E-state index >= 15 is 0 Å². The molecule has 0 fully saturated rings. The van der Waals surface area contributed by atoms with E-state index in [1.807, 2.05) is 18.7 Å². The summed E-state index contributed by atoms with van der Waals surface area (Å²) in [6.07, 6.45) is 2.16. The van der Waals surface area contributed by atoms with E-state index < -0.39 is 0 Å². The van der Waals surface area contributed by atoms with E-state index in [9.17, 15) is 0 Å². The summed E-state index contributed by atoms with van der Waals surface area (Å²) in [7, 11) is 0. The van der Waals surface area contributed by atoms with E-state index in [0.717, 1.165) is 17.9 Å². The molecule has 14 heavy (non-hydrogen) atoms. The minimum atomic E-state index is 0.261. The Morgan fingerprint density at radius 2 is 2.43 bits per heavy atom. The molecule has 4 heteroatoms. The average molecular weight is 230 g/mol. The van der Waals surface area contributed by atoms with Crippen LogP contribution < -0.4 is 5.73 Å². The highest BCUT2D eigenvalue weighted by molar-refractivity contribution is 7.99. The number of hydrogen-bond acceptors (Lipinski definition) is 4. The number of thiazole rings is 1. The molecule has 2 N–H and O–H groups in total. The van der Waals surface area contributed by atoms with Crippen LogP contribution in [0.4, 0.5) is 0 Å². The number of nitrogens with two attached hydrogens (primary N) is 1. The summed E-state index contributed by atoms with van der Waals surface area (Å²) in [5.41, 5.74) is 7.11. The predicted molar refractivity (Wildman–Crippen MR) is 66.1 cm³/mol. The van der Waals surface area contributed by atoms with Crippen molar-refractivity contribution >= 4 is 23.1 Å². The van der Waals surface area contributed by atoms with E-state index in [2.05, 4.69) is 17.3 Å². The van der Waals surface area contributed by atoms with Crippen LogP contribution >= 0.6 is 23.1 Å². The molecule has 0 aliphatic carbocycles. The van der Waals surface area contributed by atoms with E-state index in [1.54, 1.807) is 11.3 Å². The summed E-state index contributed by atoms with van der Waals surface area (Å²) < 4.78 is 0. The van der Waals surface area contributed by atoms with E-state index in [0.29, 0.717) is 0 Å². The third kappa shape index (κ3) is 4.44. The molecule has 0 aromatic carbocycles. The number of hydrogen-bond donors (Lipinski definition) is 1. The lowest BCUT2D eigenvalue weighted by atomic mass is 10.3. The molecule has 1 rings (SSSR count). The molecule has 0 bridgehead atoms. The van der Waals surface area contributed by atoms with Crippen molar-refractivity contribution < 1.29 is 0 Å². The Bertz CT molecular complexity index is 260. The Hall–Kier alpha value is -0.0600. The van der Waals surface area contributed by atoms with E-state index in [-0.39, 0.29) is 6.04 Å². The number of aryl methyl sites for hydroxylation is 1. The van der Waals surface area contributed by atoms with Gasteiger partial charge in [-0.15, -0.1) is 11.3 Å². The van der Waals surface area contributed by atoms with Crippen LogP contribution in [0.2, 0.25) is 0 Å². The predicted octanol–water partition coefficient (Wildman–Crippen LogP) is 2.46. The third-order valence-corrected chi connectivity index (χ3v) is 4.13. The van der Waals surface area contributed by atoms with Crippen LogP contribution in [0.1, 0.15) is 24.0 Å². The molecule has 1 heterocycles. The fourth-order valence-electron chi connectivity index (χ4n) is 1.16. The van der Waals surface area contributed by atoms with Crippen molar-refractivity contribution in [3.8, 4) is 0 Å². The molecule has 0 saturated heterocycles. The van der Waals surface area contributed by atoms with Crippen LogP contribution in [0.3, 0.4) is 0 Å². The van der Waals surface area contributed by atoms with Crippen molar-refractivity contribution in [2.24, 2.45) is 5.73 Å². The number of thioether (sulfide) groups is 1. The Morgan fingerprint density at radius 3 is 3.00 bits per heavy atom. The van der Waals surface area contributed by atoms with Crippen LogP contribution in [-0.4, -0.2) is 22.5 Å². The fourth-order valence-corrected chi connectivity index (χ4v) is 2.90. The van der Waals surface area contributed by atoms with Gasteiger partial charge in [-0.3, -0.25) is 0 Å². The summed E-state index contributed by atoms with van der Waals surface area (Å²) in [6.45, 7) is 4.22. The Morgan fingerprint density at radius 1 is 1.64 bits per heavy atom. The zero-order valence-corrected chi connectivity index (χ0v) is 10.5. The normalized spacial score (nSPS) is 13.1. The van der Waals surface area contributed by atoms with Gasteiger partial charge in [0.25, 0.3) is 0 Å². The largest absolute Gasteiger partial charge is 0.327 e. The van der Waals surface area contributed by atoms with E-state index in [1.165, 1.54) is 17.2 Å². The highest BCUT2D eigenvalue weighted by atomic mass is 32.2. The molecule has 80 valence electrons. The second kappa shape index (κ2) is 6.43.